The van der Waals surface area contributed by atoms with Crippen molar-refractivity contribution >= 4 is 11.9 Å². The van der Waals surface area contributed by atoms with Crippen LogP contribution in [0.1, 0.15) is 20.8 Å². The van der Waals surface area contributed by atoms with Gasteiger partial charge in [-0.2, -0.15) is 0 Å². The SMILES string of the molecule is CCNC(=O)N1C[C@@H]2OCC(=O)N(C(C)C)[C@@H]2C1. The summed E-state index contributed by atoms with van der Waals surface area (Å²) in [6.07, 6.45) is -0.0484. The summed E-state index contributed by atoms with van der Waals surface area (Å²) in [5.74, 6) is 0.0176. The third kappa shape index (κ3) is 2.29. The van der Waals surface area contributed by atoms with E-state index < -0.39 is 0 Å². The molecular weight excluding hydrogens is 234 g/mol. The second-order valence-corrected chi connectivity index (χ2v) is 5.05. The van der Waals surface area contributed by atoms with Crippen LogP contribution in [0.3, 0.4) is 0 Å². The van der Waals surface area contributed by atoms with Gasteiger partial charge in [-0.15, -0.1) is 0 Å². The Morgan fingerprint density at radius 3 is 2.83 bits per heavy atom. The molecule has 6 nitrogen and oxygen atoms in total. The molecule has 2 heterocycles. The van der Waals surface area contributed by atoms with Crippen LogP contribution in [0.15, 0.2) is 0 Å². The molecule has 18 heavy (non-hydrogen) atoms. The van der Waals surface area contributed by atoms with E-state index >= 15 is 0 Å². The van der Waals surface area contributed by atoms with E-state index in [2.05, 4.69) is 5.32 Å². The first-order chi connectivity index (χ1) is 8.54. The van der Waals surface area contributed by atoms with Gasteiger partial charge < -0.3 is 19.9 Å². The molecule has 102 valence electrons. The zero-order chi connectivity index (χ0) is 13.3. The van der Waals surface area contributed by atoms with Gasteiger partial charge in [-0.25, -0.2) is 4.79 Å². The van der Waals surface area contributed by atoms with E-state index in [4.69, 9.17) is 4.74 Å². The van der Waals surface area contributed by atoms with Gasteiger partial charge in [0.1, 0.15) is 6.61 Å². The van der Waals surface area contributed by atoms with Gasteiger partial charge in [0, 0.05) is 19.1 Å². The van der Waals surface area contributed by atoms with Crippen molar-refractivity contribution in [2.24, 2.45) is 0 Å². The molecule has 2 aliphatic heterocycles. The molecular formula is C12H21N3O3. The second-order valence-electron chi connectivity index (χ2n) is 5.05. The van der Waals surface area contributed by atoms with Crippen molar-refractivity contribution < 1.29 is 14.3 Å². The molecule has 0 spiro atoms. The predicted octanol–water partition coefficient (Wildman–Crippen LogP) is 0.0359. The van der Waals surface area contributed by atoms with Crippen molar-refractivity contribution in [3.05, 3.63) is 0 Å². The third-order valence-electron chi connectivity index (χ3n) is 3.47. The van der Waals surface area contributed by atoms with E-state index in [1.54, 1.807) is 4.90 Å². The number of nitrogens with one attached hydrogen (secondary N) is 1. The number of carbonyl (C=O) groups is 2. The number of fused-ring (bicyclic) bond motifs is 1. The summed E-state index contributed by atoms with van der Waals surface area (Å²) >= 11 is 0. The first-order valence-corrected chi connectivity index (χ1v) is 6.50. The van der Waals surface area contributed by atoms with Crippen molar-refractivity contribution in [2.75, 3.05) is 26.2 Å². The number of urea groups is 1. The number of hydrogen-bond donors (Lipinski definition) is 1. The maximum Gasteiger partial charge on any atom is 0.317 e. The molecule has 2 saturated heterocycles. The largest absolute Gasteiger partial charge is 0.364 e. The third-order valence-corrected chi connectivity index (χ3v) is 3.47. The number of nitrogens with zero attached hydrogens (tertiary/aromatic N) is 2. The Morgan fingerprint density at radius 1 is 1.50 bits per heavy atom. The monoisotopic (exact) mass is 255 g/mol. The Kier molecular flexibility index (Phi) is 3.75. The van der Waals surface area contributed by atoms with Crippen LogP contribution < -0.4 is 5.32 Å². The molecule has 1 N–H and O–H groups in total. The summed E-state index contributed by atoms with van der Waals surface area (Å²) in [6.45, 7) is 7.74. The minimum absolute atomic E-state index is 0.00569. The molecule has 2 rings (SSSR count). The summed E-state index contributed by atoms with van der Waals surface area (Å²) < 4.78 is 5.54. The number of likely N-dealkylation sites (tertiary alicyclic amines) is 1. The van der Waals surface area contributed by atoms with Crippen LogP contribution in [-0.2, 0) is 9.53 Å². The molecule has 0 aliphatic carbocycles. The lowest BCUT2D eigenvalue weighted by Crippen LogP contribution is -2.56. The van der Waals surface area contributed by atoms with Crippen LogP contribution in [-0.4, -0.2) is 66.2 Å². The van der Waals surface area contributed by atoms with Gasteiger partial charge in [-0.3, -0.25) is 4.79 Å². The van der Waals surface area contributed by atoms with Crippen LogP contribution in [0.2, 0.25) is 0 Å². The zero-order valence-electron chi connectivity index (χ0n) is 11.2. The van der Waals surface area contributed by atoms with Crippen molar-refractivity contribution in [3.8, 4) is 0 Å². The van der Waals surface area contributed by atoms with Gasteiger partial charge in [0.15, 0.2) is 0 Å². The fourth-order valence-electron chi connectivity index (χ4n) is 2.73. The second kappa shape index (κ2) is 5.14. The summed E-state index contributed by atoms with van der Waals surface area (Å²) in [6, 6.07) is 0.0589. The van der Waals surface area contributed by atoms with Crippen LogP contribution in [0.5, 0.6) is 0 Å². The van der Waals surface area contributed by atoms with Crippen LogP contribution in [0.25, 0.3) is 0 Å². The Balaban J connectivity index is 2.07. The van der Waals surface area contributed by atoms with E-state index in [0.717, 1.165) is 0 Å². The fraction of sp³-hybridized carbons (Fsp3) is 0.833. The molecule has 0 bridgehead atoms. The summed E-state index contributed by atoms with van der Waals surface area (Å²) in [4.78, 5) is 27.2. The molecule has 0 unspecified atom stereocenters. The quantitative estimate of drug-likeness (QED) is 0.757. The normalized spacial score (nSPS) is 27.7. The van der Waals surface area contributed by atoms with Crippen LogP contribution >= 0.6 is 0 Å². The van der Waals surface area contributed by atoms with E-state index in [-0.39, 0.29) is 36.7 Å². The van der Waals surface area contributed by atoms with Gasteiger partial charge in [0.25, 0.3) is 0 Å². The van der Waals surface area contributed by atoms with E-state index in [1.807, 2.05) is 25.7 Å². The highest BCUT2D eigenvalue weighted by molar-refractivity contribution is 5.80. The van der Waals surface area contributed by atoms with E-state index in [1.165, 1.54) is 0 Å². The predicted molar refractivity (Wildman–Crippen MR) is 66.2 cm³/mol. The zero-order valence-corrected chi connectivity index (χ0v) is 11.2. The number of ether oxygens (including phenoxy) is 1. The Labute approximate surface area is 107 Å². The minimum atomic E-state index is -0.0772. The molecule has 0 aromatic heterocycles. The highest BCUT2D eigenvalue weighted by atomic mass is 16.5. The number of carbonyl (C=O) groups excluding carboxylic acids is 2. The maximum absolute atomic E-state index is 11.9. The van der Waals surface area contributed by atoms with Gasteiger partial charge >= 0.3 is 6.03 Å². The lowest BCUT2D eigenvalue weighted by atomic mass is 10.1. The lowest BCUT2D eigenvalue weighted by Gasteiger charge is -2.39. The van der Waals surface area contributed by atoms with Crippen LogP contribution in [0, 0.1) is 0 Å². The van der Waals surface area contributed by atoms with Crippen molar-refractivity contribution in [1.29, 1.82) is 0 Å². The van der Waals surface area contributed by atoms with Crippen molar-refractivity contribution in [3.63, 3.8) is 0 Å². The number of morpholine rings is 1. The fourth-order valence-corrected chi connectivity index (χ4v) is 2.73. The molecule has 0 saturated carbocycles. The maximum atomic E-state index is 11.9. The standard InChI is InChI=1S/C12H21N3O3/c1-4-13-12(17)14-5-9-10(6-14)18-7-11(16)15(9)8(2)3/h8-10H,4-7H2,1-3H3,(H,13,17)/t9-,10+/m1/s1. The van der Waals surface area contributed by atoms with Gasteiger partial charge in [0.05, 0.1) is 18.7 Å². The van der Waals surface area contributed by atoms with Crippen molar-refractivity contribution in [2.45, 2.75) is 39.0 Å². The minimum Gasteiger partial charge on any atom is -0.364 e. The van der Waals surface area contributed by atoms with E-state index in [0.29, 0.717) is 19.6 Å². The first kappa shape index (κ1) is 13.1. The van der Waals surface area contributed by atoms with Gasteiger partial charge in [-0.1, -0.05) is 0 Å². The molecule has 2 aliphatic rings. The molecule has 2 atom stereocenters. The lowest BCUT2D eigenvalue weighted by molar-refractivity contribution is -0.155. The highest BCUT2D eigenvalue weighted by Gasteiger charge is 2.45. The molecule has 0 aromatic carbocycles. The highest BCUT2D eigenvalue weighted by Crippen LogP contribution is 2.25. The van der Waals surface area contributed by atoms with Crippen LogP contribution in [0.4, 0.5) is 4.79 Å². The molecule has 0 radical (unpaired) electrons. The number of hydrogen-bond acceptors (Lipinski definition) is 3. The first-order valence-electron chi connectivity index (χ1n) is 6.50. The van der Waals surface area contributed by atoms with E-state index in [9.17, 15) is 9.59 Å². The van der Waals surface area contributed by atoms with Gasteiger partial charge in [-0.05, 0) is 20.8 Å². The summed E-state index contributed by atoms with van der Waals surface area (Å²) in [5.41, 5.74) is 0. The molecule has 0 aromatic rings. The topological polar surface area (TPSA) is 61.9 Å². The number of rotatable bonds is 2. The average Bonchev–Trinajstić information content (AvgIpc) is 2.72. The molecule has 2 fully saturated rings. The van der Waals surface area contributed by atoms with Gasteiger partial charge in [0.2, 0.25) is 5.91 Å². The van der Waals surface area contributed by atoms with Crippen molar-refractivity contribution in [1.82, 2.24) is 15.1 Å². The Hall–Kier alpha value is -1.30. The Morgan fingerprint density at radius 2 is 2.22 bits per heavy atom. The summed E-state index contributed by atoms with van der Waals surface area (Å²) in [5, 5.41) is 2.78. The molecule has 3 amide bonds. The average molecular weight is 255 g/mol. The molecule has 6 heteroatoms. The number of amides is 3. The summed E-state index contributed by atoms with van der Waals surface area (Å²) in [7, 11) is 0. The smallest absolute Gasteiger partial charge is 0.317 e. The Bertz CT molecular complexity index is 345.